The zero-order valence-electron chi connectivity index (χ0n) is 11.2. The minimum atomic E-state index is -3.62. The highest BCUT2D eigenvalue weighted by Gasteiger charge is 2.34. The van der Waals surface area contributed by atoms with E-state index in [9.17, 15) is 8.42 Å². The Hall–Kier alpha value is -0.730. The van der Waals surface area contributed by atoms with Gasteiger partial charge in [0.1, 0.15) is 4.90 Å². The number of nitrogens with one attached hydrogen (secondary N) is 2. The molecule has 0 aromatic carbocycles. The van der Waals surface area contributed by atoms with Crippen molar-refractivity contribution in [2.75, 3.05) is 26.8 Å². The minimum Gasteiger partial charge on any atom is -0.383 e. The maximum Gasteiger partial charge on any atom is 0.242 e. The summed E-state index contributed by atoms with van der Waals surface area (Å²) >= 11 is 5.77. The number of hydrogen-bond acceptors (Lipinski definition) is 5. The number of nitrogens with zero attached hydrogens (tertiary/aromatic N) is 1. The van der Waals surface area contributed by atoms with Crippen LogP contribution in [0, 0.1) is 0 Å². The number of pyridine rings is 1. The molecule has 2 rings (SSSR count). The summed E-state index contributed by atoms with van der Waals surface area (Å²) in [6.07, 6.45) is 4.55. The number of halogens is 1. The molecular weight excluding hydrogens is 302 g/mol. The highest BCUT2D eigenvalue weighted by Crippen LogP contribution is 2.20. The summed E-state index contributed by atoms with van der Waals surface area (Å²) in [6, 6.07) is 1.38. The van der Waals surface area contributed by atoms with Crippen molar-refractivity contribution in [1.29, 1.82) is 0 Å². The van der Waals surface area contributed by atoms with Crippen molar-refractivity contribution >= 4 is 21.6 Å². The molecule has 8 heteroatoms. The fraction of sp³-hybridized carbons (Fsp3) is 0.583. The van der Waals surface area contributed by atoms with Crippen LogP contribution in [0.2, 0.25) is 5.02 Å². The van der Waals surface area contributed by atoms with Crippen molar-refractivity contribution in [3.63, 3.8) is 0 Å². The lowest BCUT2D eigenvalue weighted by Crippen LogP contribution is -2.52. The van der Waals surface area contributed by atoms with Gasteiger partial charge in [0.2, 0.25) is 10.0 Å². The van der Waals surface area contributed by atoms with Gasteiger partial charge in [-0.25, -0.2) is 13.1 Å². The molecule has 0 radical (unpaired) electrons. The Labute approximate surface area is 123 Å². The van der Waals surface area contributed by atoms with Crippen LogP contribution in [-0.4, -0.2) is 45.7 Å². The first-order chi connectivity index (χ1) is 9.47. The number of rotatable bonds is 6. The van der Waals surface area contributed by atoms with Gasteiger partial charge in [-0.1, -0.05) is 11.6 Å². The molecule has 1 unspecified atom stereocenters. The lowest BCUT2D eigenvalue weighted by Gasteiger charge is -2.28. The molecule has 2 N–H and O–H groups in total. The molecule has 1 fully saturated rings. The summed E-state index contributed by atoms with van der Waals surface area (Å²) in [5.74, 6) is 0. The summed E-state index contributed by atoms with van der Waals surface area (Å²) in [4.78, 5) is 3.86. The van der Waals surface area contributed by atoms with E-state index in [1.54, 1.807) is 7.11 Å². The molecule has 1 saturated heterocycles. The fourth-order valence-corrected chi connectivity index (χ4v) is 3.68. The molecule has 6 nitrogen and oxygen atoms in total. The van der Waals surface area contributed by atoms with Crippen molar-refractivity contribution in [3.8, 4) is 0 Å². The average molecular weight is 320 g/mol. The predicted molar refractivity (Wildman–Crippen MR) is 76.3 cm³/mol. The summed E-state index contributed by atoms with van der Waals surface area (Å²) in [5.41, 5.74) is -0.339. The predicted octanol–water partition coefficient (Wildman–Crippen LogP) is 0.782. The smallest absolute Gasteiger partial charge is 0.242 e. The van der Waals surface area contributed by atoms with Crippen molar-refractivity contribution < 1.29 is 13.2 Å². The van der Waals surface area contributed by atoms with Crippen LogP contribution in [0.3, 0.4) is 0 Å². The molecule has 20 heavy (non-hydrogen) atoms. The van der Waals surface area contributed by atoms with Gasteiger partial charge < -0.3 is 10.1 Å². The molecule has 0 amide bonds. The SMILES string of the molecule is COCC1(CNS(=O)(=O)c2cncc(Cl)c2)CCCN1. The van der Waals surface area contributed by atoms with Gasteiger partial charge in [0.15, 0.2) is 0 Å². The van der Waals surface area contributed by atoms with E-state index >= 15 is 0 Å². The average Bonchev–Trinajstić information content (AvgIpc) is 2.86. The summed E-state index contributed by atoms with van der Waals surface area (Å²) in [5, 5.41) is 3.60. The van der Waals surface area contributed by atoms with Gasteiger partial charge in [0.25, 0.3) is 0 Å². The fourth-order valence-electron chi connectivity index (χ4n) is 2.33. The van der Waals surface area contributed by atoms with Crippen LogP contribution in [0.5, 0.6) is 0 Å². The summed E-state index contributed by atoms with van der Waals surface area (Å²) < 4.78 is 32.2. The first-order valence-corrected chi connectivity index (χ1v) is 8.18. The zero-order valence-corrected chi connectivity index (χ0v) is 12.8. The second-order valence-electron chi connectivity index (χ2n) is 4.91. The number of aromatic nitrogens is 1. The van der Waals surface area contributed by atoms with E-state index < -0.39 is 10.0 Å². The van der Waals surface area contributed by atoms with Crippen molar-refractivity contribution in [3.05, 3.63) is 23.5 Å². The highest BCUT2D eigenvalue weighted by atomic mass is 35.5. The van der Waals surface area contributed by atoms with Crippen LogP contribution in [0.15, 0.2) is 23.4 Å². The lowest BCUT2D eigenvalue weighted by atomic mass is 9.99. The lowest BCUT2D eigenvalue weighted by molar-refractivity contribution is 0.122. The topological polar surface area (TPSA) is 80.3 Å². The van der Waals surface area contributed by atoms with Gasteiger partial charge in [-0.05, 0) is 25.5 Å². The van der Waals surface area contributed by atoms with E-state index in [4.69, 9.17) is 16.3 Å². The summed E-state index contributed by atoms with van der Waals surface area (Å²) in [6.45, 7) is 1.60. The third-order valence-corrected chi connectivity index (χ3v) is 4.92. The number of hydrogen-bond donors (Lipinski definition) is 2. The number of methoxy groups -OCH3 is 1. The monoisotopic (exact) mass is 319 g/mol. The zero-order chi connectivity index (χ0) is 14.6. The highest BCUT2D eigenvalue weighted by molar-refractivity contribution is 7.89. The minimum absolute atomic E-state index is 0.0653. The Bertz CT molecular complexity index is 559. The Morgan fingerprint density at radius 2 is 2.35 bits per heavy atom. The van der Waals surface area contributed by atoms with Gasteiger partial charge in [-0.15, -0.1) is 0 Å². The van der Waals surface area contributed by atoms with Gasteiger partial charge in [0.05, 0.1) is 17.2 Å². The third kappa shape index (κ3) is 3.67. The first-order valence-electron chi connectivity index (χ1n) is 6.32. The maximum absolute atomic E-state index is 12.2. The van der Waals surface area contributed by atoms with Crippen LogP contribution in [0.25, 0.3) is 0 Å². The van der Waals surface area contributed by atoms with Crippen LogP contribution < -0.4 is 10.0 Å². The first kappa shape index (κ1) is 15.7. The Morgan fingerprint density at radius 3 is 2.95 bits per heavy atom. The Balaban J connectivity index is 2.08. The molecule has 0 aliphatic carbocycles. The molecule has 1 aromatic rings. The van der Waals surface area contributed by atoms with Crippen LogP contribution in [0.4, 0.5) is 0 Å². The van der Waals surface area contributed by atoms with Crippen molar-refractivity contribution in [2.45, 2.75) is 23.3 Å². The van der Waals surface area contributed by atoms with E-state index in [1.165, 1.54) is 18.5 Å². The van der Waals surface area contributed by atoms with Crippen LogP contribution >= 0.6 is 11.6 Å². The normalized spacial score (nSPS) is 23.1. The quantitative estimate of drug-likeness (QED) is 0.810. The van der Waals surface area contributed by atoms with E-state index in [0.29, 0.717) is 11.6 Å². The molecule has 0 spiro atoms. The third-order valence-electron chi connectivity index (χ3n) is 3.34. The second-order valence-corrected chi connectivity index (χ2v) is 7.11. The van der Waals surface area contributed by atoms with E-state index in [-0.39, 0.29) is 17.0 Å². The Morgan fingerprint density at radius 1 is 1.55 bits per heavy atom. The standard InChI is InChI=1S/C12H18ClN3O3S/c1-19-9-12(3-2-4-15-12)8-16-20(17,18)11-5-10(13)6-14-7-11/h5-7,15-16H,2-4,8-9H2,1H3. The maximum atomic E-state index is 12.2. The summed E-state index contributed by atoms with van der Waals surface area (Å²) in [7, 11) is -2.01. The van der Waals surface area contributed by atoms with Crippen molar-refractivity contribution in [1.82, 2.24) is 15.0 Å². The van der Waals surface area contributed by atoms with Gasteiger partial charge in [-0.3, -0.25) is 4.98 Å². The number of sulfonamides is 1. The number of ether oxygens (including phenoxy) is 1. The molecule has 0 saturated carbocycles. The van der Waals surface area contributed by atoms with Gasteiger partial charge in [-0.2, -0.15) is 0 Å². The molecule has 1 atom stereocenters. The molecule has 1 aliphatic heterocycles. The van der Waals surface area contributed by atoms with Crippen LogP contribution in [0.1, 0.15) is 12.8 Å². The van der Waals surface area contributed by atoms with Crippen LogP contribution in [-0.2, 0) is 14.8 Å². The van der Waals surface area contributed by atoms with Gasteiger partial charge in [0, 0.05) is 26.0 Å². The largest absolute Gasteiger partial charge is 0.383 e. The molecular formula is C12H18ClN3O3S. The molecule has 2 heterocycles. The van der Waals surface area contributed by atoms with Gasteiger partial charge >= 0.3 is 0 Å². The van der Waals surface area contributed by atoms with E-state index in [1.807, 2.05) is 0 Å². The Kier molecular flexibility index (Phi) is 4.98. The molecule has 112 valence electrons. The second kappa shape index (κ2) is 6.36. The van der Waals surface area contributed by atoms with Crippen molar-refractivity contribution in [2.24, 2.45) is 0 Å². The van der Waals surface area contributed by atoms with E-state index in [2.05, 4.69) is 15.0 Å². The van der Waals surface area contributed by atoms with E-state index in [0.717, 1.165) is 19.4 Å². The molecule has 1 aliphatic rings. The molecule has 1 aromatic heterocycles. The molecule has 0 bridgehead atoms.